The fourth-order valence-corrected chi connectivity index (χ4v) is 3.20. The minimum atomic E-state index is -4.17. The van der Waals surface area contributed by atoms with Crippen LogP contribution in [0.2, 0.25) is 0 Å². The maximum Gasteiger partial charge on any atom is 0.401 e. The number of hydrogen-bond acceptors (Lipinski definition) is 6. The Kier molecular flexibility index (Phi) is 6.35. The highest BCUT2D eigenvalue weighted by Crippen LogP contribution is 2.21. The van der Waals surface area contributed by atoms with Gasteiger partial charge in [-0.3, -0.25) is 4.90 Å². The Morgan fingerprint density at radius 2 is 1.89 bits per heavy atom. The Morgan fingerprint density at radius 1 is 1.14 bits per heavy atom. The van der Waals surface area contributed by atoms with Crippen LogP contribution in [0.3, 0.4) is 0 Å². The van der Waals surface area contributed by atoms with Crippen molar-refractivity contribution in [2.24, 2.45) is 0 Å². The molecule has 9 heteroatoms. The number of alkyl halides is 3. The van der Waals surface area contributed by atoms with Gasteiger partial charge in [-0.25, -0.2) is 9.97 Å². The molecule has 1 fully saturated rings. The fourth-order valence-electron chi connectivity index (χ4n) is 3.20. The van der Waals surface area contributed by atoms with Crippen LogP contribution in [0.4, 0.5) is 24.8 Å². The molecule has 2 aromatic rings. The number of aryl methyl sites for hydroxylation is 1. The first-order valence-electron chi connectivity index (χ1n) is 9.15. The Bertz CT molecular complexity index is 778. The summed E-state index contributed by atoms with van der Waals surface area (Å²) in [6, 6.07) is 9.41. The van der Waals surface area contributed by atoms with Gasteiger partial charge >= 0.3 is 6.18 Å². The zero-order chi connectivity index (χ0) is 20.1. The zero-order valence-electron chi connectivity index (χ0n) is 15.7. The van der Waals surface area contributed by atoms with E-state index in [1.54, 1.807) is 6.07 Å². The second-order valence-corrected chi connectivity index (χ2v) is 6.95. The van der Waals surface area contributed by atoms with Gasteiger partial charge in [0.2, 0.25) is 0 Å². The summed E-state index contributed by atoms with van der Waals surface area (Å²) in [5.74, 6) is 1.23. The lowest BCUT2D eigenvalue weighted by molar-refractivity contribution is -0.146. The van der Waals surface area contributed by atoms with Crippen molar-refractivity contribution >= 4 is 11.6 Å². The number of aliphatic hydroxyl groups is 1. The van der Waals surface area contributed by atoms with Gasteiger partial charge in [-0.15, -0.1) is 0 Å². The molecule has 1 aliphatic rings. The molecule has 0 aliphatic carbocycles. The monoisotopic (exact) mass is 395 g/mol. The summed E-state index contributed by atoms with van der Waals surface area (Å²) in [7, 11) is 0. The summed E-state index contributed by atoms with van der Waals surface area (Å²) in [4.78, 5) is 11.7. The van der Waals surface area contributed by atoms with Crippen molar-refractivity contribution in [3.05, 3.63) is 47.8 Å². The molecule has 152 valence electrons. The molecular formula is C19H24F3N5O. The van der Waals surface area contributed by atoms with Gasteiger partial charge < -0.3 is 15.3 Å². The van der Waals surface area contributed by atoms with Gasteiger partial charge in [0.15, 0.2) is 0 Å². The lowest BCUT2D eigenvalue weighted by Crippen LogP contribution is -2.49. The molecule has 1 unspecified atom stereocenters. The maximum atomic E-state index is 12.5. The average molecular weight is 395 g/mol. The van der Waals surface area contributed by atoms with E-state index in [0.29, 0.717) is 44.4 Å². The molecule has 1 aromatic carbocycles. The molecule has 1 aliphatic heterocycles. The SMILES string of the molecule is Cc1cccc(C(O)CNc2cc(N3CCN(CC(F)(F)F)CC3)ncn2)c1. The number of benzene rings is 1. The van der Waals surface area contributed by atoms with Crippen LogP contribution in [0.25, 0.3) is 0 Å². The molecule has 3 rings (SSSR count). The van der Waals surface area contributed by atoms with Crippen LogP contribution in [0.5, 0.6) is 0 Å². The van der Waals surface area contributed by atoms with Gasteiger partial charge in [0.1, 0.15) is 18.0 Å². The summed E-state index contributed by atoms with van der Waals surface area (Å²) in [6.07, 6.45) is -3.44. The van der Waals surface area contributed by atoms with E-state index in [2.05, 4.69) is 15.3 Å². The van der Waals surface area contributed by atoms with Gasteiger partial charge in [-0.1, -0.05) is 29.8 Å². The first-order valence-corrected chi connectivity index (χ1v) is 9.15. The molecule has 0 spiro atoms. The van der Waals surface area contributed by atoms with Crippen LogP contribution in [-0.4, -0.2) is 65.4 Å². The third kappa shape index (κ3) is 5.80. The highest BCUT2D eigenvalue weighted by atomic mass is 19.4. The van der Waals surface area contributed by atoms with Crippen molar-refractivity contribution in [1.29, 1.82) is 0 Å². The summed E-state index contributed by atoms with van der Waals surface area (Å²) in [5, 5.41) is 13.4. The van der Waals surface area contributed by atoms with Gasteiger partial charge in [0, 0.05) is 38.8 Å². The normalized spacial score (nSPS) is 16.8. The van der Waals surface area contributed by atoms with Crippen molar-refractivity contribution in [2.75, 3.05) is 49.5 Å². The van der Waals surface area contributed by atoms with E-state index in [4.69, 9.17) is 0 Å². The van der Waals surface area contributed by atoms with Gasteiger partial charge in [0.05, 0.1) is 12.6 Å². The first kappa shape index (κ1) is 20.3. The van der Waals surface area contributed by atoms with Crippen LogP contribution in [0.15, 0.2) is 36.7 Å². The summed E-state index contributed by atoms with van der Waals surface area (Å²) in [5.41, 5.74) is 1.90. The van der Waals surface area contributed by atoms with Gasteiger partial charge in [0.25, 0.3) is 0 Å². The summed E-state index contributed by atoms with van der Waals surface area (Å²) in [6.45, 7) is 2.98. The molecule has 0 radical (unpaired) electrons. The highest BCUT2D eigenvalue weighted by molar-refractivity contribution is 5.49. The molecule has 2 heterocycles. The van der Waals surface area contributed by atoms with Crippen LogP contribution in [-0.2, 0) is 0 Å². The third-order valence-corrected chi connectivity index (χ3v) is 4.66. The van der Waals surface area contributed by atoms with E-state index >= 15 is 0 Å². The number of piperazine rings is 1. The highest BCUT2D eigenvalue weighted by Gasteiger charge is 2.32. The minimum Gasteiger partial charge on any atom is -0.387 e. The van der Waals surface area contributed by atoms with E-state index in [1.165, 1.54) is 11.2 Å². The molecule has 0 amide bonds. The van der Waals surface area contributed by atoms with E-state index in [-0.39, 0.29) is 0 Å². The standard InChI is InChI=1S/C19H24F3N5O/c1-14-3-2-4-15(9-14)16(28)11-23-17-10-18(25-13-24-17)27-7-5-26(6-8-27)12-19(20,21)22/h2-4,9-10,13,16,28H,5-8,11-12H2,1H3,(H,23,24,25). The second kappa shape index (κ2) is 8.74. The molecule has 0 saturated carbocycles. The molecule has 1 atom stereocenters. The molecule has 2 N–H and O–H groups in total. The fraction of sp³-hybridized carbons (Fsp3) is 0.474. The number of anilines is 2. The first-order chi connectivity index (χ1) is 13.3. The topological polar surface area (TPSA) is 64.5 Å². The van der Waals surface area contributed by atoms with Crippen molar-refractivity contribution < 1.29 is 18.3 Å². The number of hydrogen-bond donors (Lipinski definition) is 2. The van der Waals surface area contributed by atoms with Crippen molar-refractivity contribution in [3.63, 3.8) is 0 Å². The van der Waals surface area contributed by atoms with Crippen LogP contribution in [0, 0.1) is 6.92 Å². The van der Waals surface area contributed by atoms with Crippen LogP contribution >= 0.6 is 0 Å². The van der Waals surface area contributed by atoms with E-state index in [9.17, 15) is 18.3 Å². The van der Waals surface area contributed by atoms with Crippen molar-refractivity contribution in [2.45, 2.75) is 19.2 Å². The summed E-state index contributed by atoms with van der Waals surface area (Å²) >= 11 is 0. The Labute approximate surface area is 162 Å². The van der Waals surface area contributed by atoms with Crippen LogP contribution in [0.1, 0.15) is 17.2 Å². The maximum absolute atomic E-state index is 12.5. The van der Waals surface area contributed by atoms with Crippen LogP contribution < -0.4 is 10.2 Å². The summed E-state index contributed by atoms with van der Waals surface area (Å²) < 4.78 is 37.5. The number of rotatable bonds is 6. The van der Waals surface area contributed by atoms with Crippen molar-refractivity contribution in [1.82, 2.24) is 14.9 Å². The molecule has 0 bridgehead atoms. The molecule has 1 aromatic heterocycles. The third-order valence-electron chi connectivity index (χ3n) is 4.66. The average Bonchev–Trinajstić information content (AvgIpc) is 2.66. The predicted molar refractivity (Wildman–Crippen MR) is 101 cm³/mol. The quantitative estimate of drug-likeness (QED) is 0.784. The number of aliphatic hydroxyl groups excluding tert-OH is 1. The zero-order valence-corrected chi connectivity index (χ0v) is 15.7. The Hall–Kier alpha value is -2.39. The number of nitrogens with one attached hydrogen (secondary N) is 1. The van der Waals surface area contributed by atoms with E-state index in [0.717, 1.165) is 11.1 Å². The van der Waals surface area contributed by atoms with Gasteiger partial charge in [-0.2, -0.15) is 13.2 Å². The smallest absolute Gasteiger partial charge is 0.387 e. The predicted octanol–water partition coefficient (Wildman–Crippen LogP) is 2.61. The van der Waals surface area contributed by atoms with Gasteiger partial charge in [-0.05, 0) is 12.5 Å². The molecular weight excluding hydrogens is 371 g/mol. The largest absolute Gasteiger partial charge is 0.401 e. The molecule has 6 nitrogen and oxygen atoms in total. The number of aromatic nitrogens is 2. The van der Waals surface area contributed by atoms with E-state index < -0.39 is 18.8 Å². The number of nitrogens with zero attached hydrogens (tertiary/aromatic N) is 4. The Balaban J connectivity index is 1.54. The lowest BCUT2D eigenvalue weighted by Gasteiger charge is -2.35. The molecule has 28 heavy (non-hydrogen) atoms. The van der Waals surface area contributed by atoms with E-state index in [1.807, 2.05) is 36.1 Å². The van der Waals surface area contributed by atoms with Crippen molar-refractivity contribution in [3.8, 4) is 0 Å². The lowest BCUT2D eigenvalue weighted by atomic mass is 10.1. The minimum absolute atomic E-state index is 0.291. The second-order valence-electron chi connectivity index (χ2n) is 6.95. The Morgan fingerprint density at radius 3 is 2.57 bits per heavy atom. The molecule has 1 saturated heterocycles. The number of halogens is 3.